The van der Waals surface area contributed by atoms with E-state index in [0.29, 0.717) is 22.5 Å². The number of hydrazone groups is 1. The predicted molar refractivity (Wildman–Crippen MR) is 116 cm³/mol. The van der Waals surface area contributed by atoms with Crippen LogP contribution in [0.5, 0.6) is 11.5 Å². The third-order valence-corrected chi connectivity index (χ3v) is 4.85. The molecule has 4 aromatic rings. The number of para-hydroxylation sites is 1. The number of carbonyl (C=O) groups is 1. The fraction of sp³-hybridized carbons (Fsp3) is 0.190. The smallest absolute Gasteiger partial charge is 0.340 e. The summed E-state index contributed by atoms with van der Waals surface area (Å²) in [5.41, 5.74) is 5.41. The second-order valence-electron chi connectivity index (χ2n) is 6.51. The normalized spacial score (nSPS) is 11.3. The molecule has 0 spiro atoms. The Balaban J connectivity index is 1.68. The van der Waals surface area contributed by atoms with Gasteiger partial charge >= 0.3 is 5.97 Å². The van der Waals surface area contributed by atoms with Gasteiger partial charge in [-0.2, -0.15) is 10.1 Å². The van der Waals surface area contributed by atoms with Crippen LogP contribution in [0.15, 0.2) is 41.5 Å². The average molecular weight is 420 g/mol. The average Bonchev–Trinajstić information content (AvgIpc) is 3.11. The van der Waals surface area contributed by atoms with Gasteiger partial charge in [0, 0.05) is 17.5 Å². The number of aromatic nitrogens is 4. The Labute approximate surface area is 177 Å². The summed E-state index contributed by atoms with van der Waals surface area (Å²) in [6, 6.07) is 11.1. The molecule has 4 rings (SSSR count). The van der Waals surface area contributed by atoms with Crippen LogP contribution in [0.1, 0.15) is 22.8 Å². The number of hydrogen-bond donors (Lipinski definition) is 2. The van der Waals surface area contributed by atoms with Crippen LogP contribution >= 0.6 is 0 Å². The second kappa shape index (κ2) is 8.27. The van der Waals surface area contributed by atoms with Crippen LogP contribution in [0.25, 0.3) is 22.1 Å². The summed E-state index contributed by atoms with van der Waals surface area (Å²) in [7, 11) is 2.82. The Bertz CT molecular complexity index is 1310. The van der Waals surface area contributed by atoms with Crippen molar-refractivity contribution in [3.63, 3.8) is 0 Å². The van der Waals surface area contributed by atoms with Gasteiger partial charge in [0.25, 0.3) is 5.95 Å². The van der Waals surface area contributed by atoms with E-state index in [9.17, 15) is 9.90 Å². The highest BCUT2D eigenvalue weighted by atomic mass is 16.5. The molecule has 0 saturated heterocycles. The van der Waals surface area contributed by atoms with Gasteiger partial charge in [0.15, 0.2) is 17.1 Å². The first-order valence-corrected chi connectivity index (χ1v) is 9.48. The van der Waals surface area contributed by atoms with E-state index >= 15 is 0 Å². The van der Waals surface area contributed by atoms with E-state index in [4.69, 9.17) is 9.47 Å². The molecule has 0 saturated carbocycles. The van der Waals surface area contributed by atoms with Gasteiger partial charge in [0.1, 0.15) is 11.1 Å². The molecule has 0 aliphatic heterocycles. The largest absolute Gasteiger partial charge is 0.493 e. The standard InChI is InChI=1S/C21H20N6O4/c1-4-27-14-8-6-5-7-13(14)17-19(27)23-21(26-24-17)25-22-11-12-9-10-15(30-2)18(31-3)16(12)20(28)29/h5-11H,4H2,1-3H3,(H,28,29)(H,23,25,26)/b22-11+. The number of aryl methyl sites for hydroxylation is 1. The van der Waals surface area contributed by atoms with Gasteiger partial charge in [-0.25, -0.2) is 10.2 Å². The molecule has 0 amide bonds. The zero-order valence-electron chi connectivity index (χ0n) is 17.2. The molecule has 10 heteroatoms. The number of fused-ring (bicyclic) bond motifs is 3. The third-order valence-electron chi connectivity index (χ3n) is 4.85. The van der Waals surface area contributed by atoms with Crippen molar-refractivity contribution in [2.24, 2.45) is 5.10 Å². The lowest BCUT2D eigenvalue weighted by Gasteiger charge is -2.12. The minimum absolute atomic E-state index is 0.0620. The maximum absolute atomic E-state index is 11.7. The van der Waals surface area contributed by atoms with E-state index in [0.717, 1.165) is 17.4 Å². The SMILES string of the molecule is CCn1c2ccccc2c2nnc(N/N=C/c3ccc(OC)c(OC)c3C(=O)O)nc21. The molecule has 2 aromatic carbocycles. The summed E-state index contributed by atoms with van der Waals surface area (Å²) in [5, 5.41) is 23.1. The zero-order valence-corrected chi connectivity index (χ0v) is 17.2. The summed E-state index contributed by atoms with van der Waals surface area (Å²) < 4.78 is 12.4. The lowest BCUT2D eigenvalue weighted by atomic mass is 10.1. The Morgan fingerprint density at radius 2 is 2.00 bits per heavy atom. The second-order valence-corrected chi connectivity index (χ2v) is 6.51. The molecule has 0 fully saturated rings. The molecular formula is C21H20N6O4. The quantitative estimate of drug-likeness (QED) is 0.345. The minimum Gasteiger partial charge on any atom is -0.493 e. The van der Waals surface area contributed by atoms with Gasteiger partial charge in [-0.15, -0.1) is 10.2 Å². The van der Waals surface area contributed by atoms with Crippen molar-refractivity contribution in [1.82, 2.24) is 19.7 Å². The van der Waals surface area contributed by atoms with Crippen LogP contribution < -0.4 is 14.9 Å². The Kier molecular flexibility index (Phi) is 5.35. The maximum atomic E-state index is 11.7. The predicted octanol–water partition coefficient (Wildman–Crippen LogP) is 3.16. The minimum atomic E-state index is -1.16. The van der Waals surface area contributed by atoms with Gasteiger partial charge in [0.2, 0.25) is 0 Å². The number of ether oxygens (including phenoxy) is 2. The first-order chi connectivity index (χ1) is 15.1. The molecule has 0 aliphatic carbocycles. The molecule has 0 aliphatic rings. The lowest BCUT2D eigenvalue weighted by molar-refractivity contribution is 0.0692. The van der Waals surface area contributed by atoms with Crippen LogP contribution in [0.4, 0.5) is 5.95 Å². The molecule has 0 radical (unpaired) electrons. The van der Waals surface area contributed by atoms with E-state index in [1.165, 1.54) is 20.4 Å². The van der Waals surface area contributed by atoms with Crippen LogP contribution in [0.3, 0.4) is 0 Å². The summed E-state index contributed by atoms with van der Waals surface area (Å²) in [6.45, 7) is 2.75. The molecule has 0 atom stereocenters. The lowest BCUT2D eigenvalue weighted by Crippen LogP contribution is -2.07. The molecule has 158 valence electrons. The van der Waals surface area contributed by atoms with Crippen molar-refractivity contribution < 1.29 is 19.4 Å². The van der Waals surface area contributed by atoms with Crippen molar-refractivity contribution in [3.8, 4) is 11.5 Å². The molecule has 2 N–H and O–H groups in total. The van der Waals surface area contributed by atoms with Gasteiger partial charge < -0.3 is 19.1 Å². The van der Waals surface area contributed by atoms with Gasteiger partial charge in [-0.3, -0.25) is 0 Å². The molecule has 0 unspecified atom stereocenters. The molecule has 0 bridgehead atoms. The highest BCUT2D eigenvalue weighted by Crippen LogP contribution is 2.33. The Morgan fingerprint density at radius 3 is 2.71 bits per heavy atom. The first kappa shape index (κ1) is 20.1. The molecule has 2 heterocycles. The summed E-state index contributed by atoms with van der Waals surface area (Å²) in [6.07, 6.45) is 1.36. The maximum Gasteiger partial charge on any atom is 0.340 e. The Morgan fingerprint density at radius 1 is 1.19 bits per heavy atom. The summed E-state index contributed by atoms with van der Waals surface area (Å²) in [4.78, 5) is 16.3. The van der Waals surface area contributed by atoms with Crippen molar-refractivity contribution in [2.45, 2.75) is 13.5 Å². The van der Waals surface area contributed by atoms with E-state index in [1.807, 2.05) is 35.8 Å². The van der Waals surface area contributed by atoms with E-state index in [1.54, 1.807) is 12.1 Å². The van der Waals surface area contributed by atoms with Gasteiger partial charge in [-0.1, -0.05) is 18.2 Å². The van der Waals surface area contributed by atoms with Gasteiger partial charge in [-0.05, 0) is 25.1 Å². The summed E-state index contributed by atoms with van der Waals surface area (Å²) >= 11 is 0. The Hall–Kier alpha value is -4.21. The third kappa shape index (κ3) is 3.48. The molecule has 31 heavy (non-hydrogen) atoms. The highest BCUT2D eigenvalue weighted by molar-refractivity contribution is 6.04. The van der Waals surface area contributed by atoms with E-state index in [-0.39, 0.29) is 17.3 Å². The summed E-state index contributed by atoms with van der Waals surface area (Å²) in [5.74, 6) is -0.538. The van der Waals surface area contributed by atoms with E-state index < -0.39 is 5.97 Å². The monoisotopic (exact) mass is 420 g/mol. The molecular weight excluding hydrogens is 400 g/mol. The number of methoxy groups -OCH3 is 2. The van der Waals surface area contributed by atoms with Gasteiger partial charge in [0.05, 0.1) is 26.0 Å². The van der Waals surface area contributed by atoms with Crippen LogP contribution in [-0.4, -0.2) is 51.3 Å². The van der Waals surface area contributed by atoms with Crippen molar-refractivity contribution in [2.75, 3.05) is 19.6 Å². The number of carboxylic acids is 1. The number of carboxylic acid groups (broad SMARTS) is 1. The number of benzene rings is 2. The number of nitrogens with one attached hydrogen (secondary N) is 1. The molecule has 10 nitrogen and oxygen atoms in total. The molecule has 2 aromatic heterocycles. The number of anilines is 1. The van der Waals surface area contributed by atoms with Crippen molar-refractivity contribution >= 4 is 40.2 Å². The van der Waals surface area contributed by atoms with Crippen molar-refractivity contribution in [1.29, 1.82) is 0 Å². The van der Waals surface area contributed by atoms with E-state index in [2.05, 4.69) is 25.7 Å². The van der Waals surface area contributed by atoms with Crippen LogP contribution in [0, 0.1) is 0 Å². The van der Waals surface area contributed by atoms with Crippen LogP contribution in [0.2, 0.25) is 0 Å². The number of aromatic carboxylic acids is 1. The fourth-order valence-electron chi connectivity index (χ4n) is 3.50. The topological polar surface area (TPSA) is 124 Å². The number of nitrogens with zero attached hydrogens (tertiary/aromatic N) is 5. The van der Waals surface area contributed by atoms with Crippen molar-refractivity contribution in [3.05, 3.63) is 47.5 Å². The zero-order chi connectivity index (χ0) is 22.0. The number of hydrogen-bond acceptors (Lipinski definition) is 8. The number of rotatable bonds is 7. The van der Waals surface area contributed by atoms with Crippen LogP contribution in [-0.2, 0) is 6.54 Å². The fourth-order valence-corrected chi connectivity index (χ4v) is 3.50. The first-order valence-electron chi connectivity index (χ1n) is 9.48. The highest BCUT2D eigenvalue weighted by Gasteiger charge is 2.20.